The van der Waals surface area contributed by atoms with E-state index in [-0.39, 0.29) is 5.91 Å². The number of benzene rings is 1. The number of rotatable bonds is 4. The molecule has 0 radical (unpaired) electrons. The second kappa shape index (κ2) is 6.24. The molecule has 0 bridgehead atoms. The summed E-state index contributed by atoms with van der Waals surface area (Å²) in [6, 6.07) is 3.45. The van der Waals surface area contributed by atoms with Crippen molar-refractivity contribution in [2.45, 2.75) is 26.3 Å². The van der Waals surface area contributed by atoms with E-state index >= 15 is 0 Å². The fraction of sp³-hybridized carbons (Fsp3) is 0.417. The first kappa shape index (κ1) is 15.8. The number of halogens is 3. The lowest BCUT2D eigenvalue weighted by Crippen LogP contribution is -2.49. The van der Waals surface area contributed by atoms with Gasteiger partial charge in [0.25, 0.3) is 0 Å². The number of hydrogen-bond acceptors (Lipinski definition) is 2. The topological polar surface area (TPSA) is 41.1 Å². The molecule has 0 fully saturated rings. The van der Waals surface area contributed by atoms with Crippen molar-refractivity contribution < 1.29 is 4.79 Å². The molecule has 0 aliphatic rings. The fourth-order valence-corrected chi connectivity index (χ4v) is 2.24. The summed E-state index contributed by atoms with van der Waals surface area (Å²) >= 11 is 15.3. The van der Waals surface area contributed by atoms with Crippen LogP contribution in [0, 0.1) is 0 Å². The summed E-state index contributed by atoms with van der Waals surface area (Å²) < 4.78 is 0.693. The number of amides is 1. The number of carbonyl (C=O) groups excluding carboxylic acids is 1. The molecule has 0 unspecified atom stereocenters. The van der Waals surface area contributed by atoms with Crippen LogP contribution in [0.5, 0.6) is 0 Å². The molecule has 0 aliphatic carbocycles. The molecule has 1 aromatic rings. The predicted molar refractivity (Wildman–Crippen MR) is 80.5 cm³/mol. The molecule has 0 heterocycles. The lowest BCUT2D eigenvalue weighted by molar-refractivity contribution is -0.121. The van der Waals surface area contributed by atoms with Gasteiger partial charge in [0, 0.05) is 4.47 Å². The fourth-order valence-electron chi connectivity index (χ4n) is 1.42. The van der Waals surface area contributed by atoms with Crippen LogP contribution in [-0.4, -0.2) is 18.0 Å². The first-order valence-electron chi connectivity index (χ1n) is 5.49. The molecular formula is C12H15BrCl2N2O. The van der Waals surface area contributed by atoms with E-state index in [1.54, 1.807) is 26.0 Å². The number of hydrogen-bond donors (Lipinski definition) is 2. The van der Waals surface area contributed by atoms with Crippen LogP contribution >= 0.6 is 39.1 Å². The Morgan fingerprint density at radius 2 is 1.94 bits per heavy atom. The molecule has 2 N–H and O–H groups in total. The van der Waals surface area contributed by atoms with E-state index in [1.807, 2.05) is 6.92 Å². The summed E-state index contributed by atoms with van der Waals surface area (Å²) in [5, 5.41) is 6.57. The van der Waals surface area contributed by atoms with Gasteiger partial charge in [-0.1, -0.05) is 30.1 Å². The summed E-state index contributed by atoms with van der Waals surface area (Å²) in [6.07, 6.45) is 0. The highest BCUT2D eigenvalue weighted by Crippen LogP contribution is 2.36. The summed E-state index contributed by atoms with van der Waals surface area (Å²) in [4.78, 5) is 12.1. The summed E-state index contributed by atoms with van der Waals surface area (Å²) in [5.74, 6) is -0.162. The van der Waals surface area contributed by atoms with Crippen LogP contribution in [0.2, 0.25) is 10.0 Å². The molecule has 0 saturated heterocycles. The average molecular weight is 354 g/mol. The van der Waals surface area contributed by atoms with Crippen LogP contribution in [-0.2, 0) is 4.79 Å². The van der Waals surface area contributed by atoms with E-state index in [2.05, 4.69) is 26.6 Å². The normalized spacial score (nSPS) is 11.4. The zero-order valence-corrected chi connectivity index (χ0v) is 13.5. The van der Waals surface area contributed by atoms with Crippen molar-refractivity contribution in [1.29, 1.82) is 0 Å². The van der Waals surface area contributed by atoms with E-state index in [9.17, 15) is 4.79 Å². The van der Waals surface area contributed by atoms with Gasteiger partial charge < -0.3 is 10.6 Å². The molecular weight excluding hydrogens is 339 g/mol. The van der Waals surface area contributed by atoms with Gasteiger partial charge in [-0.2, -0.15) is 0 Å². The minimum absolute atomic E-state index is 0.162. The molecule has 1 aromatic carbocycles. The predicted octanol–water partition coefficient (Wildman–Crippen LogP) is 4.08. The van der Waals surface area contributed by atoms with Gasteiger partial charge in [0.2, 0.25) is 5.91 Å². The quantitative estimate of drug-likeness (QED) is 0.800. The molecule has 100 valence electrons. The summed E-state index contributed by atoms with van der Waals surface area (Å²) in [5.41, 5.74) is -0.168. The van der Waals surface area contributed by atoms with Crippen molar-refractivity contribution in [2.75, 3.05) is 11.9 Å². The van der Waals surface area contributed by atoms with Gasteiger partial charge in [0.15, 0.2) is 0 Å². The molecule has 0 saturated carbocycles. The number of anilines is 1. The average Bonchev–Trinajstić information content (AvgIpc) is 2.29. The first-order valence-corrected chi connectivity index (χ1v) is 7.04. The van der Waals surface area contributed by atoms with Crippen LogP contribution < -0.4 is 10.6 Å². The van der Waals surface area contributed by atoms with Crippen molar-refractivity contribution in [3.8, 4) is 0 Å². The highest BCUT2D eigenvalue weighted by Gasteiger charge is 2.27. The zero-order valence-electron chi connectivity index (χ0n) is 10.4. The van der Waals surface area contributed by atoms with Crippen LogP contribution in [0.25, 0.3) is 0 Å². The van der Waals surface area contributed by atoms with E-state index < -0.39 is 5.54 Å². The van der Waals surface area contributed by atoms with E-state index in [0.29, 0.717) is 26.8 Å². The smallest absolute Gasteiger partial charge is 0.244 e. The standard InChI is InChI=1S/C12H15BrCl2N2O/c1-4-16-12(2,3)11(18)17-8-6-5-7(13)9(14)10(8)15/h5-6,16H,4H2,1-3H3,(H,17,18). The van der Waals surface area contributed by atoms with Crippen molar-refractivity contribution in [2.24, 2.45) is 0 Å². The number of likely N-dealkylation sites (N-methyl/N-ethyl adjacent to an activating group) is 1. The third-order valence-electron chi connectivity index (χ3n) is 2.47. The lowest BCUT2D eigenvalue weighted by Gasteiger charge is -2.24. The Bertz CT molecular complexity index is 464. The van der Waals surface area contributed by atoms with Crippen LogP contribution in [0.4, 0.5) is 5.69 Å². The van der Waals surface area contributed by atoms with E-state index in [0.717, 1.165) is 0 Å². The monoisotopic (exact) mass is 352 g/mol. The minimum atomic E-state index is -0.669. The van der Waals surface area contributed by atoms with Gasteiger partial charge in [0.05, 0.1) is 21.3 Å². The Morgan fingerprint density at radius 1 is 1.33 bits per heavy atom. The van der Waals surface area contributed by atoms with Gasteiger partial charge in [0.1, 0.15) is 0 Å². The maximum atomic E-state index is 12.1. The number of carbonyl (C=O) groups is 1. The highest BCUT2D eigenvalue weighted by atomic mass is 79.9. The molecule has 0 spiro atoms. The molecule has 1 rings (SSSR count). The first-order chi connectivity index (χ1) is 8.29. The summed E-state index contributed by atoms with van der Waals surface area (Å²) in [7, 11) is 0. The number of nitrogens with one attached hydrogen (secondary N) is 2. The lowest BCUT2D eigenvalue weighted by atomic mass is 10.0. The minimum Gasteiger partial charge on any atom is -0.323 e. The molecule has 0 atom stereocenters. The van der Waals surface area contributed by atoms with E-state index in [4.69, 9.17) is 23.2 Å². The van der Waals surface area contributed by atoms with Crippen molar-refractivity contribution >= 4 is 50.7 Å². The molecule has 1 amide bonds. The second-order valence-corrected chi connectivity index (χ2v) is 5.94. The van der Waals surface area contributed by atoms with Crippen LogP contribution in [0.1, 0.15) is 20.8 Å². The SMILES string of the molecule is CCNC(C)(C)C(=O)Nc1ccc(Br)c(Cl)c1Cl. The largest absolute Gasteiger partial charge is 0.323 e. The zero-order chi connectivity index (χ0) is 13.9. The highest BCUT2D eigenvalue weighted by molar-refractivity contribution is 9.10. The maximum Gasteiger partial charge on any atom is 0.244 e. The Hall–Kier alpha value is -0.290. The Balaban J connectivity index is 2.92. The third kappa shape index (κ3) is 3.60. The Kier molecular flexibility index (Phi) is 5.46. The van der Waals surface area contributed by atoms with Gasteiger partial charge in [-0.15, -0.1) is 0 Å². The third-order valence-corrected chi connectivity index (χ3v) is 4.24. The second-order valence-electron chi connectivity index (χ2n) is 4.33. The van der Waals surface area contributed by atoms with Crippen molar-refractivity contribution in [3.63, 3.8) is 0 Å². The van der Waals surface area contributed by atoms with Gasteiger partial charge in [-0.3, -0.25) is 4.79 Å². The van der Waals surface area contributed by atoms with Crippen LogP contribution in [0.3, 0.4) is 0 Å². The Morgan fingerprint density at radius 3 is 2.50 bits per heavy atom. The van der Waals surface area contributed by atoms with Gasteiger partial charge >= 0.3 is 0 Å². The molecule has 18 heavy (non-hydrogen) atoms. The maximum absolute atomic E-state index is 12.1. The van der Waals surface area contributed by atoms with Gasteiger partial charge in [-0.05, 0) is 48.5 Å². The van der Waals surface area contributed by atoms with Crippen molar-refractivity contribution in [1.82, 2.24) is 5.32 Å². The van der Waals surface area contributed by atoms with E-state index in [1.165, 1.54) is 0 Å². The molecule has 0 aromatic heterocycles. The summed E-state index contributed by atoms with van der Waals surface area (Å²) in [6.45, 7) is 6.26. The van der Waals surface area contributed by atoms with Gasteiger partial charge in [-0.25, -0.2) is 0 Å². The van der Waals surface area contributed by atoms with Crippen molar-refractivity contribution in [3.05, 3.63) is 26.7 Å². The molecule has 0 aliphatic heterocycles. The molecule has 6 heteroatoms. The van der Waals surface area contributed by atoms with Crippen LogP contribution in [0.15, 0.2) is 16.6 Å². The molecule has 3 nitrogen and oxygen atoms in total. The Labute approximate surface area is 125 Å².